The van der Waals surface area contributed by atoms with E-state index in [-0.39, 0.29) is 0 Å². The molecule has 3 nitrogen and oxygen atoms in total. The predicted molar refractivity (Wildman–Crippen MR) is 85.0 cm³/mol. The smallest absolute Gasteiger partial charge is 0.0694 e. The quantitative estimate of drug-likeness (QED) is 0.811. The fourth-order valence-electron chi connectivity index (χ4n) is 2.14. The highest BCUT2D eigenvalue weighted by atomic mass is 15.3. The first-order chi connectivity index (χ1) is 9.68. The second kappa shape index (κ2) is 7.06. The third-order valence-electron chi connectivity index (χ3n) is 3.19. The van der Waals surface area contributed by atoms with E-state index in [1.54, 1.807) is 0 Å². The molecular weight excluding hydrogens is 246 g/mol. The molecule has 0 bridgehead atoms. The van der Waals surface area contributed by atoms with Gasteiger partial charge < -0.3 is 5.32 Å². The maximum atomic E-state index is 4.42. The van der Waals surface area contributed by atoms with Gasteiger partial charge in [-0.2, -0.15) is 5.10 Å². The van der Waals surface area contributed by atoms with E-state index in [1.165, 1.54) is 5.57 Å². The Morgan fingerprint density at radius 3 is 2.70 bits per heavy atom. The van der Waals surface area contributed by atoms with E-state index in [1.807, 2.05) is 29.1 Å². The first-order valence-electron chi connectivity index (χ1n) is 7.18. The van der Waals surface area contributed by atoms with E-state index in [2.05, 4.69) is 55.5 Å². The van der Waals surface area contributed by atoms with Crippen LogP contribution in [0.1, 0.15) is 32.9 Å². The SMILES string of the molecule is C/C(=C/CCNC(C)C)c1ccnn1-c1ccccc1. The lowest BCUT2D eigenvalue weighted by Gasteiger charge is -2.09. The molecule has 3 heteroatoms. The van der Waals surface area contributed by atoms with E-state index in [4.69, 9.17) is 0 Å². The van der Waals surface area contributed by atoms with Gasteiger partial charge in [0.15, 0.2) is 0 Å². The maximum Gasteiger partial charge on any atom is 0.0694 e. The summed E-state index contributed by atoms with van der Waals surface area (Å²) in [5.41, 5.74) is 3.51. The minimum absolute atomic E-state index is 0.540. The zero-order chi connectivity index (χ0) is 14.4. The Hall–Kier alpha value is -1.87. The third kappa shape index (κ3) is 3.81. The molecular formula is C17H23N3. The molecule has 106 valence electrons. The number of aromatic nitrogens is 2. The van der Waals surface area contributed by atoms with Crippen LogP contribution in [-0.2, 0) is 0 Å². The van der Waals surface area contributed by atoms with Gasteiger partial charge in [0.1, 0.15) is 0 Å². The maximum absolute atomic E-state index is 4.42. The summed E-state index contributed by atoms with van der Waals surface area (Å²) in [5, 5.41) is 7.85. The second-order valence-corrected chi connectivity index (χ2v) is 5.25. The molecule has 0 amide bonds. The highest BCUT2D eigenvalue weighted by Crippen LogP contribution is 2.18. The molecule has 2 aromatic rings. The molecule has 1 heterocycles. The van der Waals surface area contributed by atoms with Gasteiger partial charge >= 0.3 is 0 Å². The van der Waals surface area contributed by atoms with Crippen LogP contribution in [0.5, 0.6) is 0 Å². The molecule has 0 saturated carbocycles. The predicted octanol–water partition coefficient (Wildman–Crippen LogP) is 3.66. The van der Waals surface area contributed by atoms with Crippen molar-refractivity contribution in [3.63, 3.8) is 0 Å². The number of nitrogens with zero attached hydrogens (tertiary/aromatic N) is 2. The molecule has 0 aliphatic rings. The lowest BCUT2D eigenvalue weighted by molar-refractivity contribution is 0.595. The van der Waals surface area contributed by atoms with Crippen LogP contribution in [0.4, 0.5) is 0 Å². The fourth-order valence-corrected chi connectivity index (χ4v) is 2.14. The van der Waals surface area contributed by atoms with Crippen LogP contribution in [0.25, 0.3) is 11.3 Å². The van der Waals surface area contributed by atoms with Gasteiger partial charge in [-0.15, -0.1) is 0 Å². The summed E-state index contributed by atoms with van der Waals surface area (Å²) >= 11 is 0. The molecule has 0 saturated heterocycles. The number of nitrogens with one attached hydrogen (secondary N) is 1. The molecule has 0 fully saturated rings. The summed E-state index contributed by atoms with van der Waals surface area (Å²) in [6.07, 6.45) is 5.15. The fraction of sp³-hybridized carbons (Fsp3) is 0.353. The Labute approximate surface area is 121 Å². The van der Waals surface area contributed by atoms with E-state index in [9.17, 15) is 0 Å². The first kappa shape index (κ1) is 14.5. The van der Waals surface area contributed by atoms with E-state index < -0.39 is 0 Å². The average molecular weight is 269 g/mol. The van der Waals surface area contributed by atoms with Gasteiger partial charge in [-0.05, 0) is 43.7 Å². The molecule has 1 aromatic carbocycles. The van der Waals surface area contributed by atoms with Gasteiger partial charge in [-0.25, -0.2) is 4.68 Å². The van der Waals surface area contributed by atoms with Gasteiger partial charge in [0.05, 0.1) is 17.6 Å². The Kier molecular flexibility index (Phi) is 5.13. The van der Waals surface area contributed by atoms with Gasteiger partial charge in [0, 0.05) is 6.04 Å². The average Bonchev–Trinajstić information content (AvgIpc) is 2.93. The Morgan fingerprint density at radius 2 is 2.00 bits per heavy atom. The molecule has 0 aliphatic heterocycles. The third-order valence-corrected chi connectivity index (χ3v) is 3.19. The van der Waals surface area contributed by atoms with Gasteiger partial charge in [0.2, 0.25) is 0 Å². The largest absolute Gasteiger partial charge is 0.314 e. The summed E-state index contributed by atoms with van der Waals surface area (Å²) in [7, 11) is 0. The normalized spacial score (nSPS) is 12.1. The minimum Gasteiger partial charge on any atom is -0.314 e. The molecule has 0 radical (unpaired) electrons. The molecule has 0 aliphatic carbocycles. The topological polar surface area (TPSA) is 29.9 Å². The first-order valence-corrected chi connectivity index (χ1v) is 7.18. The molecule has 0 atom stereocenters. The van der Waals surface area contributed by atoms with Gasteiger partial charge in [-0.1, -0.05) is 38.1 Å². The van der Waals surface area contributed by atoms with Crippen molar-refractivity contribution in [2.45, 2.75) is 33.2 Å². The van der Waals surface area contributed by atoms with Crippen molar-refractivity contribution < 1.29 is 0 Å². The van der Waals surface area contributed by atoms with Crippen molar-refractivity contribution in [1.29, 1.82) is 0 Å². The van der Waals surface area contributed by atoms with Crippen molar-refractivity contribution in [3.05, 3.63) is 54.4 Å². The highest BCUT2D eigenvalue weighted by Gasteiger charge is 2.05. The Bertz CT molecular complexity index is 553. The number of allylic oxidation sites excluding steroid dienone is 1. The number of rotatable bonds is 6. The van der Waals surface area contributed by atoms with Crippen molar-refractivity contribution in [1.82, 2.24) is 15.1 Å². The molecule has 20 heavy (non-hydrogen) atoms. The van der Waals surface area contributed by atoms with Gasteiger partial charge in [0.25, 0.3) is 0 Å². The summed E-state index contributed by atoms with van der Waals surface area (Å²) in [6, 6.07) is 12.8. The van der Waals surface area contributed by atoms with Crippen molar-refractivity contribution in [2.24, 2.45) is 0 Å². The van der Waals surface area contributed by atoms with Crippen molar-refractivity contribution >= 4 is 5.57 Å². The molecule has 2 rings (SSSR count). The summed E-state index contributed by atoms with van der Waals surface area (Å²) < 4.78 is 1.99. The lowest BCUT2D eigenvalue weighted by atomic mass is 10.1. The minimum atomic E-state index is 0.540. The Balaban J connectivity index is 2.10. The summed E-state index contributed by atoms with van der Waals surface area (Å²) in [4.78, 5) is 0. The molecule has 1 aromatic heterocycles. The molecule has 1 N–H and O–H groups in total. The zero-order valence-corrected chi connectivity index (χ0v) is 12.5. The van der Waals surface area contributed by atoms with Crippen LogP contribution < -0.4 is 5.32 Å². The van der Waals surface area contributed by atoms with Crippen LogP contribution >= 0.6 is 0 Å². The van der Waals surface area contributed by atoms with Crippen molar-refractivity contribution in [2.75, 3.05) is 6.54 Å². The lowest BCUT2D eigenvalue weighted by Crippen LogP contribution is -2.23. The molecule has 0 spiro atoms. The molecule has 0 unspecified atom stereocenters. The number of hydrogen-bond acceptors (Lipinski definition) is 2. The van der Waals surface area contributed by atoms with E-state index in [0.29, 0.717) is 6.04 Å². The number of benzene rings is 1. The summed E-state index contributed by atoms with van der Waals surface area (Å²) in [5.74, 6) is 0. The van der Waals surface area contributed by atoms with E-state index >= 15 is 0 Å². The zero-order valence-electron chi connectivity index (χ0n) is 12.5. The van der Waals surface area contributed by atoms with Crippen LogP contribution in [0.2, 0.25) is 0 Å². The van der Waals surface area contributed by atoms with Crippen molar-refractivity contribution in [3.8, 4) is 5.69 Å². The van der Waals surface area contributed by atoms with Crippen LogP contribution in [-0.4, -0.2) is 22.4 Å². The Morgan fingerprint density at radius 1 is 1.25 bits per heavy atom. The number of hydrogen-bond donors (Lipinski definition) is 1. The van der Waals surface area contributed by atoms with Crippen LogP contribution in [0.15, 0.2) is 48.7 Å². The standard InChI is InChI=1S/C17H23N3/c1-14(2)18-12-7-8-15(3)17-11-13-19-20(17)16-9-5-4-6-10-16/h4-6,8-11,13-14,18H,7,12H2,1-3H3/b15-8-. The van der Waals surface area contributed by atoms with Crippen LogP contribution in [0, 0.1) is 0 Å². The number of para-hydroxylation sites is 1. The summed E-state index contributed by atoms with van der Waals surface area (Å²) in [6.45, 7) is 7.49. The van der Waals surface area contributed by atoms with E-state index in [0.717, 1.165) is 24.3 Å². The van der Waals surface area contributed by atoms with Crippen LogP contribution in [0.3, 0.4) is 0 Å². The monoisotopic (exact) mass is 269 g/mol. The highest BCUT2D eigenvalue weighted by molar-refractivity contribution is 5.62. The van der Waals surface area contributed by atoms with Gasteiger partial charge in [-0.3, -0.25) is 0 Å². The second-order valence-electron chi connectivity index (χ2n) is 5.25.